The van der Waals surface area contributed by atoms with Crippen LogP contribution in [0.2, 0.25) is 10.0 Å². The Labute approximate surface area is 137 Å². The maximum absolute atomic E-state index is 15.0. The first-order chi connectivity index (χ1) is 9.62. The molecule has 1 heterocycles. The molecular weight excluding hydrogens is 308 g/mol. The normalized spacial score (nSPS) is 21.3. The van der Waals surface area contributed by atoms with Crippen LogP contribution in [0.3, 0.4) is 0 Å². The Morgan fingerprint density at radius 3 is 2.00 bits per heavy atom. The van der Waals surface area contributed by atoms with Gasteiger partial charge >= 0.3 is 0 Å². The fourth-order valence-corrected chi connectivity index (χ4v) is 3.59. The molecule has 4 heteroatoms. The number of piperidine rings is 1. The van der Waals surface area contributed by atoms with Gasteiger partial charge < -0.3 is 0 Å². The molecule has 0 saturated carbocycles. The molecule has 0 amide bonds. The highest BCUT2D eigenvalue weighted by molar-refractivity contribution is 6.34. The lowest BCUT2D eigenvalue weighted by Crippen LogP contribution is -2.49. The minimum atomic E-state index is -1.07. The summed E-state index contributed by atoms with van der Waals surface area (Å²) in [4.78, 5) is 2.31. The van der Waals surface area contributed by atoms with Crippen LogP contribution in [0.1, 0.15) is 52.1 Å². The summed E-state index contributed by atoms with van der Waals surface area (Å²) in [5.74, 6) is 0. The van der Waals surface area contributed by atoms with Gasteiger partial charge in [-0.1, -0.05) is 44.0 Å². The van der Waals surface area contributed by atoms with Gasteiger partial charge in [0.05, 0.1) is 0 Å². The molecule has 1 nitrogen and oxygen atoms in total. The molecule has 1 saturated heterocycles. The molecule has 1 aliphatic heterocycles. The maximum atomic E-state index is 15.0. The first-order valence-corrected chi connectivity index (χ1v) is 8.27. The van der Waals surface area contributed by atoms with E-state index in [9.17, 15) is 4.39 Å². The van der Waals surface area contributed by atoms with Crippen LogP contribution in [-0.2, 0) is 0 Å². The standard InChI is InChI=1S/C17H24Cl2FN/c1-12(13-9-14(18)11-15(19)10-13)21-7-5-17(20,6-8-21)16(2,3)4/h9-12H,5-8H2,1-4H3/t12-/m0/s1. The Morgan fingerprint density at radius 2 is 1.57 bits per heavy atom. The van der Waals surface area contributed by atoms with Crippen LogP contribution < -0.4 is 0 Å². The first kappa shape index (κ1) is 17.1. The molecule has 118 valence electrons. The van der Waals surface area contributed by atoms with Gasteiger partial charge in [0.1, 0.15) is 5.67 Å². The lowest BCUT2D eigenvalue weighted by molar-refractivity contribution is -0.0373. The van der Waals surface area contributed by atoms with Crippen LogP contribution in [0.25, 0.3) is 0 Å². The second-order valence-corrected chi connectivity index (χ2v) is 8.00. The molecule has 1 fully saturated rings. The zero-order valence-corrected chi connectivity index (χ0v) is 14.7. The smallest absolute Gasteiger partial charge is 0.118 e. The van der Waals surface area contributed by atoms with Crippen molar-refractivity contribution in [3.63, 3.8) is 0 Å². The second kappa shape index (κ2) is 6.06. The molecular formula is C17H24Cl2FN. The Hall–Kier alpha value is -0.310. The Morgan fingerprint density at radius 1 is 1.10 bits per heavy atom. The van der Waals surface area contributed by atoms with Crippen molar-refractivity contribution in [1.82, 2.24) is 4.90 Å². The van der Waals surface area contributed by atoms with Crippen molar-refractivity contribution >= 4 is 23.2 Å². The van der Waals surface area contributed by atoms with Crippen molar-refractivity contribution < 1.29 is 4.39 Å². The zero-order chi connectivity index (χ0) is 15.8. The molecule has 1 aliphatic rings. The number of hydrogen-bond acceptors (Lipinski definition) is 1. The van der Waals surface area contributed by atoms with E-state index >= 15 is 0 Å². The van der Waals surface area contributed by atoms with E-state index < -0.39 is 5.67 Å². The van der Waals surface area contributed by atoms with Gasteiger partial charge in [0.15, 0.2) is 0 Å². The lowest BCUT2D eigenvalue weighted by atomic mass is 9.72. The predicted octanol–water partition coefficient (Wildman–Crippen LogP) is 5.90. The van der Waals surface area contributed by atoms with Gasteiger partial charge in [0.2, 0.25) is 0 Å². The number of likely N-dealkylation sites (tertiary alicyclic amines) is 1. The summed E-state index contributed by atoms with van der Waals surface area (Å²) in [7, 11) is 0. The predicted molar refractivity (Wildman–Crippen MR) is 89.0 cm³/mol. The highest BCUT2D eigenvalue weighted by atomic mass is 35.5. The number of halogens is 3. The largest absolute Gasteiger partial charge is 0.296 e. The fraction of sp³-hybridized carbons (Fsp3) is 0.647. The molecule has 1 aromatic rings. The van der Waals surface area contributed by atoms with E-state index in [2.05, 4.69) is 11.8 Å². The van der Waals surface area contributed by atoms with E-state index in [-0.39, 0.29) is 11.5 Å². The van der Waals surface area contributed by atoms with Crippen molar-refractivity contribution in [3.8, 4) is 0 Å². The summed E-state index contributed by atoms with van der Waals surface area (Å²) in [5.41, 5.74) is -0.286. The zero-order valence-electron chi connectivity index (χ0n) is 13.2. The summed E-state index contributed by atoms with van der Waals surface area (Å²) in [6.45, 7) is 9.62. The number of rotatable bonds is 2. The summed E-state index contributed by atoms with van der Waals surface area (Å²) in [5, 5.41) is 1.30. The highest BCUT2D eigenvalue weighted by Crippen LogP contribution is 2.43. The number of alkyl halides is 1. The molecule has 0 radical (unpaired) electrons. The minimum absolute atomic E-state index is 0.200. The van der Waals surface area contributed by atoms with Crippen LogP contribution in [0.4, 0.5) is 4.39 Å². The monoisotopic (exact) mass is 331 g/mol. The minimum Gasteiger partial charge on any atom is -0.296 e. The third-order valence-electron chi connectivity index (χ3n) is 4.85. The first-order valence-electron chi connectivity index (χ1n) is 7.51. The second-order valence-electron chi connectivity index (χ2n) is 7.13. The molecule has 2 rings (SSSR count). The molecule has 21 heavy (non-hydrogen) atoms. The molecule has 0 spiro atoms. The van der Waals surface area contributed by atoms with Crippen molar-refractivity contribution in [1.29, 1.82) is 0 Å². The van der Waals surface area contributed by atoms with E-state index in [0.29, 0.717) is 22.9 Å². The molecule has 0 aliphatic carbocycles. The Kier molecular flexibility index (Phi) is 4.92. The number of hydrogen-bond donors (Lipinski definition) is 0. The van der Waals surface area contributed by atoms with Gasteiger partial charge in [-0.15, -0.1) is 0 Å². The fourth-order valence-electron chi connectivity index (χ4n) is 3.04. The average Bonchev–Trinajstić information content (AvgIpc) is 2.36. The van der Waals surface area contributed by atoms with Gasteiger partial charge in [0, 0.05) is 29.2 Å². The van der Waals surface area contributed by atoms with Gasteiger partial charge in [-0.2, -0.15) is 0 Å². The summed E-state index contributed by atoms with van der Waals surface area (Å²) in [6.07, 6.45) is 1.16. The number of benzene rings is 1. The van der Waals surface area contributed by atoms with Gasteiger partial charge in [0.25, 0.3) is 0 Å². The molecule has 0 unspecified atom stereocenters. The Bertz CT molecular complexity index is 482. The van der Waals surface area contributed by atoms with Gasteiger partial charge in [-0.05, 0) is 48.9 Å². The van der Waals surface area contributed by atoms with Gasteiger partial charge in [-0.25, -0.2) is 4.39 Å². The SMILES string of the molecule is C[C@@H](c1cc(Cl)cc(Cl)c1)N1CCC(F)(C(C)(C)C)CC1. The Balaban J connectivity index is 2.08. The third-order valence-corrected chi connectivity index (χ3v) is 5.29. The number of nitrogens with zero attached hydrogens (tertiary/aromatic N) is 1. The highest BCUT2D eigenvalue weighted by Gasteiger charge is 2.45. The van der Waals surface area contributed by atoms with Crippen molar-refractivity contribution in [2.75, 3.05) is 13.1 Å². The van der Waals surface area contributed by atoms with Crippen molar-refractivity contribution in [3.05, 3.63) is 33.8 Å². The molecule has 0 aromatic heterocycles. The van der Waals surface area contributed by atoms with E-state index in [0.717, 1.165) is 18.7 Å². The third kappa shape index (κ3) is 3.72. The van der Waals surface area contributed by atoms with E-state index in [4.69, 9.17) is 23.2 Å². The topological polar surface area (TPSA) is 3.24 Å². The van der Waals surface area contributed by atoms with E-state index in [1.54, 1.807) is 6.07 Å². The summed E-state index contributed by atoms with van der Waals surface area (Å²) < 4.78 is 15.0. The van der Waals surface area contributed by atoms with Crippen LogP contribution >= 0.6 is 23.2 Å². The van der Waals surface area contributed by atoms with Crippen LogP contribution in [0.15, 0.2) is 18.2 Å². The molecule has 0 N–H and O–H groups in total. The van der Waals surface area contributed by atoms with Crippen LogP contribution in [-0.4, -0.2) is 23.7 Å². The summed E-state index contributed by atoms with van der Waals surface area (Å²) >= 11 is 12.2. The molecule has 1 aromatic carbocycles. The quantitative estimate of drug-likeness (QED) is 0.651. The maximum Gasteiger partial charge on any atom is 0.118 e. The van der Waals surface area contributed by atoms with Crippen LogP contribution in [0, 0.1) is 5.41 Å². The van der Waals surface area contributed by atoms with E-state index in [1.807, 2.05) is 32.9 Å². The van der Waals surface area contributed by atoms with Crippen LogP contribution in [0.5, 0.6) is 0 Å². The average molecular weight is 332 g/mol. The van der Waals surface area contributed by atoms with Crippen molar-refractivity contribution in [2.45, 2.75) is 52.2 Å². The lowest BCUT2D eigenvalue weighted by Gasteiger charge is -2.45. The summed E-state index contributed by atoms with van der Waals surface area (Å²) in [6, 6.07) is 5.82. The van der Waals surface area contributed by atoms with E-state index in [1.165, 1.54) is 0 Å². The van der Waals surface area contributed by atoms with Gasteiger partial charge in [-0.3, -0.25) is 4.90 Å². The molecule has 0 bridgehead atoms. The molecule has 1 atom stereocenters. The van der Waals surface area contributed by atoms with Crippen molar-refractivity contribution in [2.24, 2.45) is 5.41 Å².